The van der Waals surface area contributed by atoms with E-state index in [2.05, 4.69) is 0 Å². The number of hydrogen-bond acceptors (Lipinski definition) is 4. The second-order valence-electron chi connectivity index (χ2n) is 7.58. The van der Waals surface area contributed by atoms with Crippen molar-refractivity contribution in [1.29, 1.82) is 0 Å². The maximum absolute atomic E-state index is 12.5. The highest BCUT2D eigenvalue weighted by molar-refractivity contribution is 5.77. The quantitative estimate of drug-likeness (QED) is 0.629. The van der Waals surface area contributed by atoms with Crippen LogP contribution in [0, 0.1) is 5.92 Å². The normalized spacial score (nSPS) is 14.2. The van der Waals surface area contributed by atoms with Gasteiger partial charge < -0.3 is 20.2 Å². The van der Waals surface area contributed by atoms with Gasteiger partial charge in [0.25, 0.3) is 0 Å². The molecule has 0 spiro atoms. The van der Waals surface area contributed by atoms with Crippen molar-refractivity contribution >= 4 is 5.91 Å². The van der Waals surface area contributed by atoms with E-state index in [1.165, 1.54) is 4.90 Å². The molecule has 25 heavy (non-hydrogen) atoms. The second-order valence-corrected chi connectivity index (χ2v) is 7.58. The van der Waals surface area contributed by atoms with Crippen molar-refractivity contribution < 1.29 is 20.1 Å². The van der Waals surface area contributed by atoms with Gasteiger partial charge in [0.2, 0.25) is 5.91 Å². The molecule has 5 nitrogen and oxygen atoms in total. The van der Waals surface area contributed by atoms with Crippen molar-refractivity contribution in [3.8, 4) is 5.75 Å². The summed E-state index contributed by atoms with van der Waals surface area (Å²) >= 11 is 0. The van der Waals surface area contributed by atoms with Crippen molar-refractivity contribution in [2.24, 2.45) is 5.92 Å². The molecule has 0 saturated carbocycles. The summed E-state index contributed by atoms with van der Waals surface area (Å²) in [7, 11) is 0. The molecule has 1 aromatic carbocycles. The van der Waals surface area contributed by atoms with Crippen LogP contribution in [0.1, 0.15) is 64.5 Å². The average molecular weight is 351 g/mol. The molecule has 0 heterocycles. The number of amides is 1. The number of aliphatic hydroxyl groups is 2. The van der Waals surface area contributed by atoms with E-state index in [0.29, 0.717) is 6.54 Å². The number of carbonyl (C=O) groups is 1. The van der Waals surface area contributed by atoms with Gasteiger partial charge in [-0.1, -0.05) is 46.2 Å². The Morgan fingerprint density at radius 1 is 1.20 bits per heavy atom. The summed E-state index contributed by atoms with van der Waals surface area (Å²) < 4.78 is 0. The lowest BCUT2D eigenvalue weighted by atomic mass is 9.78. The molecule has 0 radical (unpaired) electrons. The largest absolute Gasteiger partial charge is 0.508 e. The summed E-state index contributed by atoms with van der Waals surface area (Å²) in [5, 5.41) is 29.3. The van der Waals surface area contributed by atoms with E-state index in [1.54, 1.807) is 6.07 Å². The summed E-state index contributed by atoms with van der Waals surface area (Å²) in [6.45, 7) is 10.0. The second kappa shape index (κ2) is 9.20. The standard InChI is InChI=1S/C20H33NO4/c1-6-14(12-22)16(11-19(25)21(7-2)13-23)15-8-9-18(24)17(10-15)20(3,4)5/h8-10,14,16,22-24H,6-7,11-13H2,1-5H3. The van der Waals surface area contributed by atoms with E-state index in [9.17, 15) is 20.1 Å². The topological polar surface area (TPSA) is 81.0 Å². The van der Waals surface area contributed by atoms with E-state index in [0.717, 1.165) is 17.5 Å². The number of phenols is 1. The third kappa shape index (κ3) is 5.44. The highest BCUT2D eigenvalue weighted by Gasteiger charge is 2.28. The van der Waals surface area contributed by atoms with E-state index in [1.807, 2.05) is 46.8 Å². The van der Waals surface area contributed by atoms with Crippen molar-refractivity contribution in [3.63, 3.8) is 0 Å². The molecule has 0 fully saturated rings. The first-order chi connectivity index (χ1) is 11.7. The summed E-state index contributed by atoms with van der Waals surface area (Å²) in [6, 6.07) is 5.44. The molecule has 5 heteroatoms. The monoisotopic (exact) mass is 351 g/mol. The summed E-state index contributed by atoms with van der Waals surface area (Å²) in [5.74, 6) is -0.111. The molecule has 2 atom stereocenters. The van der Waals surface area contributed by atoms with E-state index < -0.39 is 0 Å². The number of phenolic OH excluding ortho intramolecular Hbond substituents is 1. The van der Waals surface area contributed by atoms with Crippen molar-refractivity contribution in [2.75, 3.05) is 19.9 Å². The van der Waals surface area contributed by atoms with Crippen LogP contribution < -0.4 is 0 Å². The Balaban J connectivity index is 3.27. The van der Waals surface area contributed by atoms with Gasteiger partial charge in [-0.25, -0.2) is 0 Å². The Labute approximate surface area is 151 Å². The maximum atomic E-state index is 12.5. The SMILES string of the molecule is CCC(CO)C(CC(=O)N(CC)CO)c1ccc(O)c(C(C)(C)C)c1. The smallest absolute Gasteiger partial charge is 0.224 e. The van der Waals surface area contributed by atoms with Gasteiger partial charge in [-0.05, 0) is 41.4 Å². The fourth-order valence-electron chi connectivity index (χ4n) is 3.16. The van der Waals surface area contributed by atoms with Crippen LogP contribution in [-0.2, 0) is 10.2 Å². The maximum Gasteiger partial charge on any atom is 0.224 e. The zero-order chi connectivity index (χ0) is 19.2. The van der Waals surface area contributed by atoms with E-state index >= 15 is 0 Å². The Kier molecular flexibility index (Phi) is 7.90. The minimum absolute atomic E-state index is 0.00851. The van der Waals surface area contributed by atoms with Gasteiger partial charge in [-0.15, -0.1) is 0 Å². The number of carbonyl (C=O) groups excluding carboxylic acids is 1. The van der Waals surface area contributed by atoms with Crippen LogP contribution in [0.25, 0.3) is 0 Å². The predicted molar refractivity (Wildman–Crippen MR) is 99.5 cm³/mol. The third-order valence-electron chi connectivity index (χ3n) is 4.88. The van der Waals surface area contributed by atoms with Gasteiger partial charge >= 0.3 is 0 Å². The molecule has 0 aliphatic rings. The molecule has 142 valence electrons. The summed E-state index contributed by atoms with van der Waals surface area (Å²) in [6.07, 6.45) is 0.966. The van der Waals surface area contributed by atoms with Crippen LogP contribution in [-0.4, -0.2) is 46.0 Å². The lowest BCUT2D eigenvalue weighted by Crippen LogP contribution is -2.34. The molecule has 0 bridgehead atoms. The van der Waals surface area contributed by atoms with Crippen LogP contribution in [0.3, 0.4) is 0 Å². The fourth-order valence-corrected chi connectivity index (χ4v) is 3.16. The number of benzene rings is 1. The van der Waals surface area contributed by atoms with Gasteiger partial charge in [0, 0.05) is 19.6 Å². The summed E-state index contributed by atoms with van der Waals surface area (Å²) in [4.78, 5) is 13.9. The van der Waals surface area contributed by atoms with Crippen molar-refractivity contribution in [3.05, 3.63) is 29.3 Å². The number of hydrogen-bond donors (Lipinski definition) is 3. The van der Waals surface area contributed by atoms with Gasteiger partial charge in [0.1, 0.15) is 12.5 Å². The molecule has 3 N–H and O–H groups in total. The van der Waals surface area contributed by atoms with Crippen LogP contribution in [0.2, 0.25) is 0 Å². The Bertz CT molecular complexity index is 557. The lowest BCUT2D eigenvalue weighted by molar-refractivity contribution is -0.135. The van der Waals surface area contributed by atoms with Gasteiger partial charge in [-0.2, -0.15) is 0 Å². The zero-order valence-corrected chi connectivity index (χ0v) is 16.1. The van der Waals surface area contributed by atoms with Crippen molar-refractivity contribution in [1.82, 2.24) is 4.90 Å². The molecule has 2 unspecified atom stereocenters. The fraction of sp³-hybridized carbons (Fsp3) is 0.650. The number of rotatable bonds is 8. The zero-order valence-electron chi connectivity index (χ0n) is 16.1. The Morgan fingerprint density at radius 2 is 1.84 bits per heavy atom. The van der Waals surface area contributed by atoms with Crippen LogP contribution in [0.4, 0.5) is 0 Å². The van der Waals surface area contributed by atoms with Crippen molar-refractivity contribution in [2.45, 2.75) is 58.8 Å². The number of aliphatic hydroxyl groups excluding tert-OH is 2. The van der Waals surface area contributed by atoms with Crippen LogP contribution in [0.5, 0.6) is 5.75 Å². The first kappa shape index (κ1) is 21.5. The number of aromatic hydroxyl groups is 1. The first-order valence-electron chi connectivity index (χ1n) is 9.02. The van der Waals surface area contributed by atoms with Gasteiger partial charge in [-0.3, -0.25) is 4.79 Å². The molecule has 0 saturated heterocycles. The highest BCUT2D eigenvalue weighted by atomic mass is 16.3. The predicted octanol–water partition coefficient (Wildman–Crippen LogP) is 2.98. The average Bonchev–Trinajstić information content (AvgIpc) is 2.55. The molecule has 1 aromatic rings. The molecular formula is C20H33NO4. The van der Waals surface area contributed by atoms with E-state index in [4.69, 9.17) is 0 Å². The molecule has 0 aromatic heterocycles. The molecule has 0 aliphatic heterocycles. The van der Waals surface area contributed by atoms with Crippen LogP contribution >= 0.6 is 0 Å². The molecule has 0 aliphatic carbocycles. The number of nitrogens with zero attached hydrogens (tertiary/aromatic N) is 1. The first-order valence-corrected chi connectivity index (χ1v) is 9.02. The molecule has 1 rings (SSSR count). The Morgan fingerprint density at radius 3 is 2.28 bits per heavy atom. The molecular weight excluding hydrogens is 318 g/mol. The lowest BCUT2D eigenvalue weighted by Gasteiger charge is -2.29. The summed E-state index contributed by atoms with van der Waals surface area (Å²) in [5.41, 5.74) is 1.53. The third-order valence-corrected chi connectivity index (χ3v) is 4.88. The minimum Gasteiger partial charge on any atom is -0.508 e. The molecule has 1 amide bonds. The van der Waals surface area contributed by atoms with Gasteiger partial charge in [0.05, 0.1) is 0 Å². The minimum atomic E-state index is -0.305. The van der Waals surface area contributed by atoms with Gasteiger partial charge in [0.15, 0.2) is 0 Å². The van der Waals surface area contributed by atoms with E-state index in [-0.39, 0.29) is 48.7 Å². The Hall–Kier alpha value is -1.59. The highest BCUT2D eigenvalue weighted by Crippen LogP contribution is 2.37. The van der Waals surface area contributed by atoms with Crippen LogP contribution in [0.15, 0.2) is 18.2 Å².